The predicted octanol–water partition coefficient (Wildman–Crippen LogP) is 5.41. The van der Waals surface area contributed by atoms with Gasteiger partial charge in [0.25, 0.3) is 0 Å². The van der Waals surface area contributed by atoms with Gasteiger partial charge in [0.05, 0.1) is 24.3 Å². The van der Waals surface area contributed by atoms with Gasteiger partial charge in [-0.3, -0.25) is 9.48 Å². The van der Waals surface area contributed by atoms with Gasteiger partial charge in [-0.05, 0) is 31.0 Å². The molecule has 0 saturated heterocycles. The van der Waals surface area contributed by atoms with E-state index in [2.05, 4.69) is 20.7 Å². The maximum atomic E-state index is 13.2. The number of nitrogens with one attached hydrogen (secondary N) is 1. The van der Waals surface area contributed by atoms with E-state index in [4.69, 9.17) is 4.52 Å². The molecule has 0 bridgehead atoms. The van der Waals surface area contributed by atoms with Crippen molar-refractivity contribution in [3.8, 4) is 22.3 Å². The molecule has 0 aliphatic heterocycles. The Balaban J connectivity index is 1.27. The van der Waals surface area contributed by atoms with Crippen LogP contribution in [0.5, 0.6) is 0 Å². The molecule has 0 spiro atoms. The lowest BCUT2D eigenvalue weighted by Crippen LogP contribution is -2.35. The number of rotatable bonds is 6. The van der Waals surface area contributed by atoms with E-state index in [1.54, 1.807) is 17.1 Å². The molecule has 8 nitrogen and oxygen atoms in total. The third kappa shape index (κ3) is 4.72. The number of hydrogen-bond acceptors (Lipinski definition) is 5. The summed E-state index contributed by atoms with van der Waals surface area (Å²) >= 11 is 0. The van der Waals surface area contributed by atoms with Gasteiger partial charge in [-0.1, -0.05) is 35.5 Å². The van der Waals surface area contributed by atoms with Crippen LogP contribution >= 0.6 is 0 Å². The zero-order valence-electron chi connectivity index (χ0n) is 20.2. The second-order valence-electron chi connectivity index (χ2n) is 9.33. The fourth-order valence-corrected chi connectivity index (χ4v) is 3.89. The SMILES string of the molecule is Cn1cc(-c2ccc3c(-c4ccc(CC(=O)Nc5cc(C(C)(C)C(F)(F)F)on5)cc4)cnn3c2)cn1. The summed E-state index contributed by atoms with van der Waals surface area (Å²) in [6.45, 7) is 1.98. The fourth-order valence-electron chi connectivity index (χ4n) is 3.89. The Morgan fingerprint density at radius 1 is 0.973 bits per heavy atom. The minimum absolute atomic E-state index is 0.0222. The molecule has 1 amide bonds. The molecule has 4 heterocycles. The van der Waals surface area contributed by atoms with E-state index in [0.717, 1.165) is 53.2 Å². The first-order valence-electron chi connectivity index (χ1n) is 11.4. The van der Waals surface area contributed by atoms with E-state index in [1.807, 2.05) is 60.4 Å². The van der Waals surface area contributed by atoms with Crippen LogP contribution in [-0.2, 0) is 23.7 Å². The van der Waals surface area contributed by atoms with Gasteiger partial charge in [0.2, 0.25) is 5.91 Å². The lowest BCUT2D eigenvalue weighted by Gasteiger charge is -2.24. The number of alkyl halides is 3. The number of fused-ring (bicyclic) bond motifs is 1. The first-order valence-corrected chi connectivity index (χ1v) is 11.4. The number of halogens is 3. The molecule has 0 unspecified atom stereocenters. The number of carbonyl (C=O) groups is 1. The van der Waals surface area contributed by atoms with Crippen molar-refractivity contribution in [1.82, 2.24) is 24.6 Å². The largest absolute Gasteiger partial charge is 0.401 e. The summed E-state index contributed by atoms with van der Waals surface area (Å²) in [6, 6.07) is 12.6. The van der Waals surface area contributed by atoms with Crippen LogP contribution in [-0.4, -0.2) is 36.6 Å². The summed E-state index contributed by atoms with van der Waals surface area (Å²) in [6.07, 6.45) is 2.97. The molecule has 0 radical (unpaired) electrons. The van der Waals surface area contributed by atoms with Crippen LogP contribution in [0.25, 0.3) is 27.8 Å². The lowest BCUT2D eigenvalue weighted by molar-refractivity contribution is -0.185. The van der Waals surface area contributed by atoms with E-state index in [0.29, 0.717) is 0 Å². The highest BCUT2D eigenvalue weighted by Crippen LogP contribution is 2.41. The summed E-state index contributed by atoms with van der Waals surface area (Å²) < 4.78 is 48.0. The molecule has 5 aromatic rings. The van der Waals surface area contributed by atoms with Crippen LogP contribution in [0.4, 0.5) is 19.0 Å². The van der Waals surface area contributed by atoms with E-state index in [9.17, 15) is 18.0 Å². The quantitative estimate of drug-likeness (QED) is 0.331. The molecular weight excluding hydrogens is 485 g/mol. The summed E-state index contributed by atoms with van der Waals surface area (Å²) in [5, 5.41) is 14.7. The number of amides is 1. The van der Waals surface area contributed by atoms with Crippen LogP contribution < -0.4 is 5.32 Å². The van der Waals surface area contributed by atoms with Gasteiger partial charge in [-0.25, -0.2) is 4.52 Å². The van der Waals surface area contributed by atoms with Crippen molar-refractivity contribution in [3.63, 3.8) is 0 Å². The van der Waals surface area contributed by atoms with Crippen molar-refractivity contribution in [3.05, 3.63) is 78.6 Å². The smallest absolute Gasteiger partial charge is 0.358 e. The standard InChI is InChI=1S/C26H23F3N6O2/c1-25(2,26(27,28)29)22-11-23(33-37-22)32-24(36)10-16-4-6-17(7-5-16)20-13-31-35-15-18(8-9-21(20)35)19-12-30-34(3)14-19/h4-9,11-15H,10H2,1-3H3,(H,32,33,36). The van der Waals surface area contributed by atoms with Gasteiger partial charge in [0, 0.05) is 42.2 Å². The van der Waals surface area contributed by atoms with Crippen molar-refractivity contribution in [2.24, 2.45) is 7.05 Å². The van der Waals surface area contributed by atoms with E-state index < -0.39 is 17.5 Å². The van der Waals surface area contributed by atoms with Gasteiger partial charge in [-0.2, -0.15) is 23.4 Å². The Morgan fingerprint density at radius 3 is 2.38 bits per heavy atom. The molecule has 190 valence electrons. The highest BCUT2D eigenvalue weighted by atomic mass is 19.4. The topological polar surface area (TPSA) is 90.2 Å². The monoisotopic (exact) mass is 508 g/mol. The molecule has 0 aliphatic rings. The van der Waals surface area contributed by atoms with Gasteiger partial charge in [0.15, 0.2) is 11.6 Å². The van der Waals surface area contributed by atoms with Crippen molar-refractivity contribution in [1.29, 1.82) is 0 Å². The third-order valence-electron chi connectivity index (χ3n) is 6.29. The van der Waals surface area contributed by atoms with E-state index in [-0.39, 0.29) is 18.0 Å². The minimum Gasteiger partial charge on any atom is -0.358 e. The van der Waals surface area contributed by atoms with Crippen LogP contribution in [0.15, 0.2) is 71.8 Å². The molecule has 4 aromatic heterocycles. The predicted molar refractivity (Wildman–Crippen MR) is 131 cm³/mol. The van der Waals surface area contributed by atoms with Gasteiger partial charge in [-0.15, -0.1) is 0 Å². The number of pyridine rings is 1. The van der Waals surface area contributed by atoms with Gasteiger partial charge >= 0.3 is 6.18 Å². The number of aryl methyl sites for hydroxylation is 1. The molecule has 0 atom stereocenters. The molecular formula is C26H23F3N6O2. The number of nitrogens with zero attached hydrogens (tertiary/aromatic N) is 5. The number of benzene rings is 1. The fraction of sp³-hybridized carbons (Fsp3) is 0.231. The van der Waals surface area contributed by atoms with E-state index >= 15 is 0 Å². The first-order chi connectivity index (χ1) is 17.5. The Bertz CT molecular complexity index is 1580. The highest BCUT2D eigenvalue weighted by molar-refractivity contribution is 5.91. The zero-order valence-corrected chi connectivity index (χ0v) is 20.2. The Kier molecular flexibility index (Phi) is 5.85. The van der Waals surface area contributed by atoms with Crippen LogP contribution in [0.2, 0.25) is 0 Å². The summed E-state index contributed by atoms with van der Waals surface area (Å²) in [4.78, 5) is 12.4. The van der Waals surface area contributed by atoms with Crippen LogP contribution in [0.3, 0.4) is 0 Å². The van der Waals surface area contributed by atoms with Crippen LogP contribution in [0.1, 0.15) is 25.2 Å². The normalized spacial score (nSPS) is 12.3. The molecule has 0 aliphatic carbocycles. The molecule has 1 N–H and O–H groups in total. The highest BCUT2D eigenvalue weighted by Gasteiger charge is 2.51. The number of anilines is 1. The Labute approximate surface area is 209 Å². The summed E-state index contributed by atoms with van der Waals surface area (Å²) in [5.41, 5.74) is 3.31. The first kappa shape index (κ1) is 24.3. The van der Waals surface area contributed by atoms with Crippen molar-refractivity contribution < 1.29 is 22.5 Å². The number of carbonyl (C=O) groups excluding carboxylic acids is 1. The van der Waals surface area contributed by atoms with Crippen molar-refractivity contribution >= 4 is 17.2 Å². The average molecular weight is 509 g/mol. The third-order valence-corrected chi connectivity index (χ3v) is 6.29. The van der Waals surface area contributed by atoms with Crippen molar-refractivity contribution in [2.75, 3.05) is 5.32 Å². The molecule has 11 heteroatoms. The lowest BCUT2D eigenvalue weighted by atomic mass is 9.89. The average Bonchev–Trinajstić information content (AvgIpc) is 3.58. The van der Waals surface area contributed by atoms with Gasteiger partial charge in [0.1, 0.15) is 5.41 Å². The number of hydrogen-bond donors (Lipinski definition) is 1. The summed E-state index contributed by atoms with van der Waals surface area (Å²) in [7, 11) is 1.87. The van der Waals surface area contributed by atoms with E-state index in [1.165, 1.54) is 0 Å². The molecule has 5 rings (SSSR count). The minimum atomic E-state index is -4.52. The molecule has 0 fully saturated rings. The van der Waals surface area contributed by atoms with Crippen LogP contribution in [0, 0.1) is 0 Å². The Hall–Kier alpha value is -4.41. The Morgan fingerprint density at radius 2 is 1.70 bits per heavy atom. The number of aromatic nitrogens is 5. The zero-order chi connectivity index (χ0) is 26.4. The second kappa shape index (κ2) is 8.91. The van der Waals surface area contributed by atoms with Crippen molar-refractivity contribution in [2.45, 2.75) is 31.9 Å². The summed E-state index contributed by atoms with van der Waals surface area (Å²) in [5.74, 6) is -0.858. The maximum Gasteiger partial charge on any atom is 0.401 e. The molecule has 0 saturated carbocycles. The second-order valence-corrected chi connectivity index (χ2v) is 9.33. The molecule has 1 aromatic carbocycles. The molecule has 37 heavy (non-hydrogen) atoms. The van der Waals surface area contributed by atoms with Gasteiger partial charge < -0.3 is 9.84 Å². The maximum absolute atomic E-state index is 13.2.